The first-order valence-electron chi connectivity index (χ1n) is 10.1. The second kappa shape index (κ2) is 8.43. The first kappa shape index (κ1) is 19.1. The van der Waals surface area contributed by atoms with E-state index in [1.54, 1.807) is 0 Å². The smallest absolute Gasteiger partial charge is 0.227 e. The number of rotatable bonds is 4. The van der Waals surface area contributed by atoms with Gasteiger partial charge in [0, 0.05) is 31.7 Å². The third-order valence-electron chi connectivity index (χ3n) is 5.43. The van der Waals surface area contributed by atoms with Gasteiger partial charge in [0.2, 0.25) is 5.91 Å². The number of anilines is 1. The van der Waals surface area contributed by atoms with Gasteiger partial charge >= 0.3 is 0 Å². The van der Waals surface area contributed by atoms with E-state index in [1.807, 2.05) is 29.2 Å². The molecule has 5 heteroatoms. The summed E-state index contributed by atoms with van der Waals surface area (Å²) in [5.41, 5.74) is 5.46. The van der Waals surface area contributed by atoms with Crippen molar-refractivity contribution in [2.45, 2.75) is 20.3 Å². The number of piperazine rings is 1. The summed E-state index contributed by atoms with van der Waals surface area (Å²) in [6.07, 6.45) is 0.464. The number of nitrogens with zero attached hydrogens (tertiary/aromatic N) is 4. The van der Waals surface area contributed by atoms with Crippen LogP contribution in [0.3, 0.4) is 0 Å². The third-order valence-corrected chi connectivity index (χ3v) is 5.43. The molecule has 2 heterocycles. The second-order valence-corrected chi connectivity index (χ2v) is 7.67. The van der Waals surface area contributed by atoms with Crippen molar-refractivity contribution < 1.29 is 4.79 Å². The molecule has 0 N–H and O–H groups in total. The second-order valence-electron chi connectivity index (χ2n) is 7.67. The molecule has 0 spiro atoms. The zero-order valence-corrected chi connectivity index (χ0v) is 17.0. The summed E-state index contributed by atoms with van der Waals surface area (Å²) >= 11 is 0. The maximum absolute atomic E-state index is 12.6. The lowest BCUT2D eigenvalue weighted by molar-refractivity contribution is -0.130. The Morgan fingerprint density at radius 3 is 2.00 bits per heavy atom. The van der Waals surface area contributed by atoms with Crippen molar-refractivity contribution >= 4 is 11.7 Å². The molecule has 0 bridgehead atoms. The zero-order valence-electron chi connectivity index (χ0n) is 17.0. The number of amides is 1. The molecule has 1 saturated heterocycles. The average Bonchev–Trinajstić information content (AvgIpc) is 2.76. The molecule has 2 aromatic carbocycles. The predicted octanol–water partition coefficient (Wildman–Crippen LogP) is 3.65. The van der Waals surface area contributed by atoms with Crippen LogP contribution in [0.1, 0.15) is 16.7 Å². The predicted molar refractivity (Wildman–Crippen MR) is 116 cm³/mol. The Balaban J connectivity index is 1.33. The first-order valence-corrected chi connectivity index (χ1v) is 10.1. The number of hydrogen-bond acceptors (Lipinski definition) is 4. The minimum atomic E-state index is 0.189. The number of carbonyl (C=O) groups is 1. The minimum Gasteiger partial charge on any atom is -0.352 e. The Kier molecular flexibility index (Phi) is 5.56. The van der Waals surface area contributed by atoms with Crippen LogP contribution in [0.5, 0.6) is 0 Å². The van der Waals surface area contributed by atoms with Crippen molar-refractivity contribution in [3.8, 4) is 11.3 Å². The molecule has 29 heavy (non-hydrogen) atoms. The minimum absolute atomic E-state index is 0.189. The first-order chi connectivity index (χ1) is 14.1. The van der Waals surface area contributed by atoms with E-state index in [1.165, 1.54) is 11.1 Å². The van der Waals surface area contributed by atoms with Gasteiger partial charge in [-0.1, -0.05) is 59.7 Å². The maximum atomic E-state index is 12.6. The van der Waals surface area contributed by atoms with Crippen LogP contribution in [0.2, 0.25) is 0 Å². The van der Waals surface area contributed by atoms with Crippen LogP contribution >= 0.6 is 0 Å². The van der Waals surface area contributed by atoms with E-state index >= 15 is 0 Å². The highest BCUT2D eigenvalue weighted by molar-refractivity contribution is 5.79. The van der Waals surface area contributed by atoms with Crippen LogP contribution < -0.4 is 4.90 Å². The Bertz CT molecular complexity index is 957. The van der Waals surface area contributed by atoms with Crippen LogP contribution in [0.15, 0.2) is 60.7 Å². The largest absolute Gasteiger partial charge is 0.352 e. The van der Waals surface area contributed by atoms with E-state index in [4.69, 9.17) is 0 Å². The lowest BCUT2D eigenvalue weighted by atomic mass is 10.1. The van der Waals surface area contributed by atoms with E-state index < -0.39 is 0 Å². The van der Waals surface area contributed by atoms with Gasteiger partial charge < -0.3 is 9.80 Å². The van der Waals surface area contributed by atoms with Gasteiger partial charge in [0.15, 0.2) is 5.82 Å². The standard InChI is InChI=1S/C24H26N4O/c1-18-3-7-20(8-4-18)17-24(29)28-15-13-27(14-16-28)23-12-11-22(25-26-23)21-9-5-19(2)6-10-21/h3-12H,13-17H2,1-2H3. The van der Waals surface area contributed by atoms with Crippen molar-refractivity contribution in [2.75, 3.05) is 31.1 Å². The van der Waals surface area contributed by atoms with Crippen LogP contribution in [0.4, 0.5) is 5.82 Å². The molecule has 4 rings (SSSR count). The van der Waals surface area contributed by atoms with E-state index in [0.29, 0.717) is 19.5 Å². The van der Waals surface area contributed by atoms with Crippen molar-refractivity contribution in [1.82, 2.24) is 15.1 Å². The van der Waals surface area contributed by atoms with E-state index in [2.05, 4.69) is 65.3 Å². The molecule has 3 aromatic rings. The number of hydrogen-bond donors (Lipinski definition) is 0. The topological polar surface area (TPSA) is 49.3 Å². The van der Waals surface area contributed by atoms with Gasteiger partial charge in [-0.2, -0.15) is 0 Å². The van der Waals surface area contributed by atoms with Crippen molar-refractivity contribution in [3.63, 3.8) is 0 Å². The van der Waals surface area contributed by atoms with E-state index in [-0.39, 0.29) is 5.91 Å². The molecule has 1 aliphatic rings. The number of aryl methyl sites for hydroxylation is 2. The lowest BCUT2D eigenvalue weighted by Gasteiger charge is -2.35. The van der Waals surface area contributed by atoms with Crippen LogP contribution in [0.25, 0.3) is 11.3 Å². The number of aromatic nitrogens is 2. The third kappa shape index (κ3) is 4.62. The molecule has 5 nitrogen and oxygen atoms in total. The summed E-state index contributed by atoms with van der Waals surface area (Å²) in [4.78, 5) is 16.7. The number of benzene rings is 2. The summed E-state index contributed by atoms with van der Waals surface area (Å²) < 4.78 is 0. The Morgan fingerprint density at radius 1 is 0.793 bits per heavy atom. The van der Waals surface area contributed by atoms with Gasteiger partial charge in [0.25, 0.3) is 0 Å². The molecule has 0 saturated carbocycles. The monoisotopic (exact) mass is 386 g/mol. The molecule has 0 atom stereocenters. The van der Waals surface area contributed by atoms with Crippen LogP contribution in [-0.4, -0.2) is 47.2 Å². The molecule has 1 fully saturated rings. The highest BCUT2D eigenvalue weighted by Crippen LogP contribution is 2.20. The Morgan fingerprint density at radius 2 is 1.41 bits per heavy atom. The van der Waals surface area contributed by atoms with Gasteiger partial charge in [0.05, 0.1) is 12.1 Å². The van der Waals surface area contributed by atoms with Crippen molar-refractivity contribution in [2.24, 2.45) is 0 Å². The Labute approximate surface area is 172 Å². The summed E-state index contributed by atoms with van der Waals surface area (Å²) in [5.74, 6) is 1.06. The van der Waals surface area contributed by atoms with Crippen molar-refractivity contribution in [1.29, 1.82) is 0 Å². The molecule has 0 unspecified atom stereocenters. The zero-order chi connectivity index (χ0) is 20.2. The molecule has 1 aliphatic heterocycles. The van der Waals surface area contributed by atoms with E-state index in [9.17, 15) is 4.79 Å². The fraction of sp³-hybridized carbons (Fsp3) is 0.292. The SMILES string of the molecule is Cc1ccc(CC(=O)N2CCN(c3ccc(-c4ccc(C)cc4)nn3)CC2)cc1. The molecule has 0 radical (unpaired) electrons. The number of carbonyl (C=O) groups excluding carboxylic acids is 1. The fourth-order valence-electron chi connectivity index (χ4n) is 3.55. The fourth-order valence-corrected chi connectivity index (χ4v) is 3.55. The highest BCUT2D eigenvalue weighted by atomic mass is 16.2. The lowest BCUT2D eigenvalue weighted by Crippen LogP contribution is -2.49. The molecule has 1 amide bonds. The van der Waals surface area contributed by atoms with Crippen LogP contribution in [-0.2, 0) is 11.2 Å². The summed E-state index contributed by atoms with van der Waals surface area (Å²) in [7, 11) is 0. The van der Waals surface area contributed by atoms with E-state index in [0.717, 1.165) is 35.7 Å². The van der Waals surface area contributed by atoms with Gasteiger partial charge in [-0.3, -0.25) is 4.79 Å². The Hall–Kier alpha value is -3.21. The van der Waals surface area contributed by atoms with Crippen LogP contribution in [0, 0.1) is 13.8 Å². The molecule has 1 aromatic heterocycles. The van der Waals surface area contributed by atoms with Crippen molar-refractivity contribution in [3.05, 3.63) is 77.4 Å². The maximum Gasteiger partial charge on any atom is 0.227 e. The van der Waals surface area contributed by atoms with Gasteiger partial charge in [-0.05, 0) is 31.5 Å². The normalized spacial score (nSPS) is 14.1. The quantitative estimate of drug-likeness (QED) is 0.687. The van der Waals surface area contributed by atoms with Gasteiger partial charge in [-0.15, -0.1) is 10.2 Å². The summed E-state index contributed by atoms with van der Waals surface area (Å²) in [6.45, 7) is 7.11. The molecule has 0 aliphatic carbocycles. The average molecular weight is 386 g/mol. The highest BCUT2D eigenvalue weighted by Gasteiger charge is 2.22. The summed E-state index contributed by atoms with van der Waals surface area (Å²) in [6, 6.07) is 20.5. The molecular formula is C24H26N4O. The molecule has 148 valence electrons. The van der Waals surface area contributed by atoms with Gasteiger partial charge in [-0.25, -0.2) is 0 Å². The molecular weight excluding hydrogens is 360 g/mol. The van der Waals surface area contributed by atoms with Gasteiger partial charge in [0.1, 0.15) is 0 Å². The summed E-state index contributed by atoms with van der Waals surface area (Å²) in [5, 5.41) is 8.82.